The lowest BCUT2D eigenvalue weighted by Crippen LogP contribution is -2.52. The number of ether oxygens (including phenoxy) is 2. The maximum Gasteiger partial charge on any atom is 0.331 e. The van der Waals surface area contributed by atoms with Gasteiger partial charge in [0.1, 0.15) is 5.57 Å². The number of rotatable bonds is 1. The second-order valence-electron chi connectivity index (χ2n) is 4.29. The van der Waals surface area contributed by atoms with E-state index in [1.165, 1.54) is 13.1 Å². The second kappa shape index (κ2) is 4.37. The van der Waals surface area contributed by atoms with E-state index < -0.39 is 17.8 Å². The van der Waals surface area contributed by atoms with Crippen LogP contribution in [-0.2, 0) is 9.59 Å². The molecule has 1 fully saturated rings. The van der Waals surface area contributed by atoms with Crippen molar-refractivity contribution in [2.24, 2.45) is 0 Å². The number of carbonyl (C=O) groups is 3. The van der Waals surface area contributed by atoms with Gasteiger partial charge < -0.3 is 9.47 Å². The zero-order valence-corrected chi connectivity index (χ0v) is 10.5. The molecule has 0 atom stereocenters. The van der Waals surface area contributed by atoms with Crippen LogP contribution in [0.1, 0.15) is 5.56 Å². The fourth-order valence-electron chi connectivity index (χ4n) is 1.92. The van der Waals surface area contributed by atoms with Gasteiger partial charge in [0, 0.05) is 7.05 Å². The summed E-state index contributed by atoms with van der Waals surface area (Å²) in [7, 11) is 1.30. The van der Waals surface area contributed by atoms with Crippen LogP contribution in [0.5, 0.6) is 11.5 Å². The Kier molecular flexibility index (Phi) is 2.67. The van der Waals surface area contributed by atoms with Crippen LogP contribution in [-0.4, -0.2) is 36.6 Å². The zero-order chi connectivity index (χ0) is 14.3. The van der Waals surface area contributed by atoms with E-state index in [2.05, 4.69) is 5.32 Å². The summed E-state index contributed by atoms with van der Waals surface area (Å²) in [4.78, 5) is 35.7. The lowest BCUT2D eigenvalue weighted by atomic mass is 10.1. The monoisotopic (exact) mass is 274 g/mol. The highest BCUT2D eigenvalue weighted by Gasteiger charge is 2.33. The van der Waals surface area contributed by atoms with Gasteiger partial charge in [-0.1, -0.05) is 6.07 Å². The number of imide groups is 2. The maximum atomic E-state index is 11.9. The Bertz CT molecular complexity index is 665. The van der Waals surface area contributed by atoms with Crippen LogP contribution in [0.3, 0.4) is 0 Å². The van der Waals surface area contributed by atoms with E-state index in [9.17, 15) is 14.4 Å². The highest BCUT2D eigenvalue weighted by atomic mass is 16.7. The summed E-state index contributed by atoms with van der Waals surface area (Å²) < 4.78 is 10.4. The number of fused-ring (bicyclic) bond motifs is 1. The van der Waals surface area contributed by atoms with Gasteiger partial charge in [-0.25, -0.2) is 4.79 Å². The molecule has 7 heteroatoms. The molecule has 0 bridgehead atoms. The van der Waals surface area contributed by atoms with E-state index in [0.29, 0.717) is 17.1 Å². The van der Waals surface area contributed by atoms with Gasteiger partial charge in [0.05, 0.1) is 0 Å². The Hall–Kier alpha value is -2.83. The van der Waals surface area contributed by atoms with Crippen LogP contribution in [0.2, 0.25) is 0 Å². The minimum Gasteiger partial charge on any atom is -0.454 e. The zero-order valence-electron chi connectivity index (χ0n) is 10.5. The van der Waals surface area contributed by atoms with Crippen LogP contribution >= 0.6 is 0 Å². The van der Waals surface area contributed by atoms with Crippen LogP contribution in [0, 0.1) is 0 Å². The first-order valence-electron chi connectivity index (χ1n) is 5.81. The molecular formula is C13H10N2O5. The molecule has 20 heavy (non-hydrogen) atoms. The summed E-state index contributed by atoms with van der Waals surface area (Å²) in [5.74, 6) is -0.196. The molecule has 0 radical (unpaired) electrons. The number of likely N-dealkylation sites (N-methyl/N-ethyl adjacent to an activating group) is 1. The van der Waals surface area contributed by atoms with Crippen LogP contribution < -0.4 is 14.8 Å². The molecule has 2 aliphatic heterocycles. The fourth-order valence-corrected chi connectivity index (χ4v) is 1.92. The van der Waals surface area contributed by atoms with Crippen molar-refractivity contribution in [1.29, 1.82) is 0 Å². The van der Waals surface area contributed by atoms with Gasteiger partial charge in [-0.3, -0.25) is 19.8 Å². The number of amides is 4. The highest BCUT2D eigenvalue weighted by Crippen LogP contribution is 2.33. The molecule has 4 amide bonds. The van der Waals surface area contributed by atoms with Gasteiger partial charge in [-0.2, -0.15) is 0 Å². The fraction of sp³-hybridized carbons (Fsp3) is 0.154. The number of hydrogen-bond donors (Lipinski definition) is 1. The number of carbonyl (C=O) groups excluding carboxylic acids is 3. The minimum absolute atomic E-state index is 0.106. The molecule has 2 heterocycles. The Morgan fingerprint density at radius 2 is 1.95 bits per heavy atom. The summed E-state index contributed by atoms with van der Waals surface area (Å²) in [6.07, 6.45) is 1.41. The smallest absolute Gasteiger partial charge is 0.331 e. The molecule has 0 saturated carbocycles. The molecule has 0 spiro atoms. The molecular weight excluding hydrogens is 264 g/mol. The highest BCUT2D eigenvalue weighted by molar-refractivity contribution is 6.30. The largest absolute Gasteiger partial charge is 0.454 e. The first-order valence-corrected chi connectivity index (χ1v) is 5.81. The lowest BCUT2D eigenvalue weighted by Gasteiger charge is -2.22. The number of nitrogens with one attached hydrogen (secondary N) is 1. The van der Waals surface area contributed by atoms with Crippen molar-refractivity contribution < 1.29 is 23.9 Å². The number of nitrogens with zero attached hydrogens (tertiary/aromatic N) is 1. The number of benzene rings is 1. The summed E-state index contributed by atoms with van der Waals surface area (Å²) in [6.45, 7) is 0.145. The normalized spacial score (nSPS) is 19.6. The molecule has 102 valence electrons. The third-order valence-corrected chi connectivity index (χ3v) is 3.01. The SMILES string of the molecule is CN1C(=O)NC(=O)C(=Cc2ccc3c(c2)OCO3)C1=O. The van der Waals surface area contributed by atoms with Crippen molar-refractivity contribution in [2.45, 2.75) is 0 Å². The summed E-state index contributed by atoms with van der Waals surface area (Å²) >= 11 is 0. The van der Waals surface area contributed by atoms with E-state index in [0.717, 1.165) is 4.90 Å². The molecule has 2 aliphatic rings. The van der Waals surface area contributed by atoms with Crippen molar-refractivity contribution in [1.82, 2.24) is 10.2 Å². The van der Waals surface area contributed by atoms with E-state index in [4.69, 9.17) is 9.47 Å². The molecule has 1 N–H and O–H groups in total. The van der Waals surface area contributed by atoms with Crippen molar-refractivity contribution in [3.63, 3.8) is 0 Å². The predicted molar refractivity (Wildman–Crippen MR) is 66.9 cm³/mol. The molecule has 1 aromatic carbocycles. The van der Waals surface area contributed by atoms with E-state index in [1.807, 2.05) is 0 Å². The number of urea groups is 1. The van der Waals surface area contributed by atoms with Gasteiger partial charge in [0.2, 0.25) is 6.79 Å². The van der Waals surface area contributed by atoms with E-state index in [1.54, 1.807) is 18.2 Å². The third-order valence-electron chi connectivity index (χ3n) is 3.01. The van der Waals surface area contributed by atoms with Crippen LogP contribution in [0.4, 0.5) is 4.79 Å². The topological polar surface area (TPSA) is 84.9 Å². The molecule has 0 aliphatic carbocycles. The first kappa shape index (κ1) is 12.2. The summed E-state index contributed by atoms with van der Waals surface area (Å²) in [5, 5.41) is 2.09. The summed E-state index contributed by atoms with van der Waals surface area (Å²) in [5.41, 5.74) is 0.501. The van der Waals surface area contributed by atoms with Gasteiger partial charge in [0.25, 0.3) is 11.8 Å². The molecule has 1 aromatic rings. The standard InChI is InChI=1S/C13H10N2O5/c1-15-12(17)8(11(16)14-13(15)18)4-7-2-3-9-10(5-7)20-6-19-9/h2-5H,6H2,1H3,(H,14,16,18). The van der Waals surface area contributed by atoms with Gasteiger partial charge >= 0.3 is 6.03 Å². The van der Waals surface area contributed by atoms with Crippen molar-refractivity contribution in [3.05, 3.63) is 29.3 Å². The van der Waals surface area contributed by atoms with E-state index in [-0.39, 0.29) is 12.4 Å². The third kappa shape index (κ3) is 1.89. The Balaban J connectivity index is 1.97. The van der Waals surface area contributed by atoms with Crippen molar-refractivity contribution in [2.75, 3.05) is 13.8 Å². The number of barbiturate groups is 1. The Morgan fingerprint density at radius 1 is 1.20 bits per heavy atom. The molecule has 7 nitrogen and oxygen atoms in total. The number of hydrogen-bond acceptors (Lipinski definition) is 5. The van der Waals surface area contributed by atoms with Gasteiger partial charge in [-0.15, -0.1) is 0 Å². The van der Waals surface area contributed by atoms with Crippen molar-refractivity contribution in [3.8, 4) is 11.5 Å². The van der Waals surface area contributed by atoms with Crippen LogP contribution in [0.15, 0.2) is 23.8 Å². The lowest BCUT2D eigenvalue weighted by molar-refractivity contribution is -0.129. The first-order chi connectivity index (χ1) is 9.56. The minimum atomic E-state index is -0.733. The average Bonchev–Trinajstić information content (AvgIpc) is 2.88. The van der Waals surface area contributed by atoms with Gasteiger partial charge in [-0.05, 0) is 23.8 Å². The quantitative estimate of drug-likeness (QED) is 0.595. The average molecular weight is 274 g/mol. The molecule has 1 saturated heterocycles. The summed E-state index contributed by atoms with van der Waals surface area (Å²) in [6, 6.07) is 4.31. The predicted octanol–water partition coefficient (Wildman–Crippen LogP) is 0.507. The molecule has 3 rings (SSSR count). The van der Waals surface area contributed by atoms with Crippen LogP contribution in [0.25, 0.3) is 6.08 Å². The Labute approximate surface area is 113 Å². The van der Waals surface area contributed by atoms with E-state index >= 15 is 0 Å². The molecule has 0 aromatic heterocycles. The second-order valence-corrected chi connectivity index (χ2v) is 4.29. The van der Waals surface area contributed by atoms with Crippen molar-refractivity contribution >= 4 is 23.9 Å². The Morgan fingerprint density at radius 3 is 2.75 bits per heavy atom. The molecule has 0 unspecified atom stereocenters. The maximum absolute atomic E-state index is 11.9. The van der Waals surface area contributed by atoms with Gasteiger partial charge in [0.15, 0.2) is 11.5 Å².